The van der Waals surface area contributed by atoms with Crippen molar-refractivity contribution in [2.45, 2.75) is 25.3 Å². The van der Waals surface area contributed by atoms with Crippen molar-refractivity contribution in [3.63, 3.8) is 0 Å². The lowest BCUT2D eigenvalue weighted by atomic mass is 10.2. The molecule has 0 amide bonds. The Bertz CT molecular complexity index is 515. The third kappa shape index (κ3) is 2.63. The zero-order valence-electron chi connectivity index (χ0n) is 11.4. The maximum atomic E-state index is 11.0. The number of carboxylic acid groups (broad SMARTS) is 1. The van der Waals surface area contributed by atoms with Gasteiger partial charge in [0.15, 0.2) is 0 Å². The monoisotopic (exact) mass is 294 g/mol. The highest BCUT2D eigenvalue weighted by Gasteiger charge is 2.29. The predicted molar refractivity (Wildman–Crippen MR) is 79.8 cm³/mol. The molecular formula is C15H19ClN2O2. The molecule has 0 radical (unpaired) electrons. The van der Waals surface area contributed by atoms with Gasteiger partial charge in [-0.15, -0.1) is 0 Å². The number of carboxylic acids is 1. The second kappa shape index (κ2) is 5.62. The fourth-order valence-corrected chi connectivity index (χ4v) is 3.51. The van der Waals surface area contributed by atoms with Gasteiger partial charge in [-0.2, -0.15) is 0 Å². The number of nitrogens with zero attached hydrogens (tertiary/aromatic N) is 2. The first-order chi connectivity index (χ1) is 9.65. The molecule has 2 heterocycles. The van der Waals surface area contributed by atoms with Gasteiger partial charge in [-0.1, -0.05) is 11.6 Å². The van der Waals surface area contributed by atoms with E-state index in [1.54, 1.807) is 12.1 Å². The van der Waals surface area contributed by atoms with E-state index in [1.807, 2.05) is 6.07 Å². The Labute approximate surface area is 123 Å². The van der Waals surface area contributed by atoms with E-state index in [2.05, 4.69) is 9.80 Å². The number of benzene rings is 1. The molecule has 0 spiro atoms. The van der Waals surface area contributed by atoms with E-state index in [4.69, 9.17) is 16.7 Å². The summed E-state index contributed by atoms with van der Waals surface area (Å²) >= 11 is 6.05. The average molecular weight is 295 g/mol. The van der Waals surface area contributed by atoms with Gasteiger partial charge in [0.05, 0.1) is 10.6 Å². The minimum atomic E-state index is -0.974. The lowest BCUT2D eigenvalue weighted by Crippen LogP contribution is -2.35. The van der Waals surface area contributed by atoms with Crippen molar-refractivity contribution in [2.75, 3.05) is 31.1 Å². The SMILES string of the molecule is O=C(O)c1ccc(N2CCC(N3CCCC3)C2)cc1Cl. The molecule has 0 bridgehead atoms. The summed E-state index contributed by atoms with van der Waals surface area (Å²) in [6.45, 7) is 4.47. The fourth-order valence-electron chi connectivity index (χ4n) is 3.26. The van der Waals surface area contributed by atoms with E-state index < -0.39 is 5.97 Å². The molecule has 2 saturated heterocycles. The smallest absolute Gasteiger partial charge is 0.337 e. The zero-order valence-corrected chi connectivity index (χ0v) is 12.1. The van der Waals surface area contributed by atoms with E-state index >= 15 is 0 Å². The topological polar surface area (TPSA) is 43.8 Å². The molecule has 0 aliphatic carbocycles. The third-order valence-corrected chi connectivity index (χ3v) is 4.68. The molecule has 3 rings (SSSR count). The molecule has 1 atom stereocenters. The highest BCUT2D eigenvalue weighted by molar-refractivity contribution is 6.33. The van der Waals surface area contributed by atoms with Gasteiger partial charge in [-0.25, -0.2) is 4.79 Å². The van der Waals surface area contributed by atoms with Crippen molar-refractivity contribution in [3.8, 4) is 0 Å². The van der Waals surface area contributed by atoms with Crippen LogP contribution < -0.4 is 4.90 Å². The molecule has 20 heavy (non-hydrogen) atoms. The third-order valence-electron chi connectivity index (χ3n) is 4.37. The molecule has 0 saturated carbocycles. The van der Waals surface area contributed by atoms with E-state index in [9.17, 15) is 4.79 Å². The van der Waals surface area contributed by atoms with Crippen LogP contribution in [0.5, 0.6) is 0 Å². The zero-order chi connectivity index (χ0) is 14.1. The Morgan fingerprint density at radius 2 is 2.00 bits per heavy atom. The van der Waals surface area contributed by atoms with Gasteiger partial charge in [0, 0.05) is 24.8 Å². The summed E-state index contributed by atoms with van der Waals surface area (Å²) in [5.74, 6) is -0.974. The summed E-state index contributed by atoms with van der Waals surface area (Å²) in [5.41, 5.74) is 1.20. The van der Waals surface area contributed by atoms with Crippen LogP contribution in [0.3, 0.4) is 0 Å². The lowest BCUT2D eigenvalue weighted by molar-refractivity contribution is 0.0697. The highest BCUT2D eigenvalue weighted by atomic mass is 35.5. The van der Waals surface area contributed by atoms with E-state index in [1.165, 1.54) is 32.4 Å². The first-order valence-corrected chi connectivity index (χ1v) is 7.55. The van der Waals surface area contributed by atoms with Crippen LogP contribution in [0.15, 0.2) is 18.2 Å². The number of aromatic carboxylic acids is 1. The Balaban J connectivity index is 1.71. The van der Waals surface area contributed by atoms with Crippen molar-refractivity contribution in [3.05, 3.63) is 28.8 Å². The molecule has 1 unspecified atom stereocenters. The molecule has 1 N–H and O–H groups in total. The largest absolute Gasteiger partial charge is 0.478 e. The minimum Gasteiger partial charge on any atom is -0.478 e. The van der Waals surface area contributed by atoms with Crippen LogP contribution in [0.2, 0.25) is 5.02 Å². The molecule has 5 heteroatoms. The first kappa shape index (κ1) is 13.7. The number of hydrogen-bond acceptors (Lipinski definition) is 3. The Morgan fingerprint density at radius 1 is 1.25 bits per heavy atom. The summed E-state index contributed by atoms with van der Waals surface area (Å²) in [5, 5.41) is 9.32. The summed E-state index contributed by atoms with van der Waals surface area (Å²) in [7, 11) is 0. The van der Waals surface area contributed by atoms with Crippen molar-refractivity contribution < 1.29 is 9.90 Å². The van der Waals surface area contributed by atoms with Crippen molar-refractivity contribution in [1.29, 1.82) is 0 Å². The number of carbonyl (C=O) groups is 1. The molecule has 1 aromatic rings. The Hall–Kier alpha value is -1.26. The van der Waals surface area contributed by atoms with Crippen LogP contribution in [0.1, 0.15) is 29.6 Å². The van der Waals surface area contributed by atoms with Gasteiger partial charge in [-0.3, -0.25) is 4.90 Å². The van der Waals surface area contributed by atoms with Gasteiger partial charge in [-0.05, 0) is 50.6 Å². The second-order valence-electron chi connectivity index (χ2n) is 5.60. The highest BCUT2D eigenvalue weighted by Crippen LogP contribution is 2.28. The molecule has 1 aromatic carbocycles. The molecule has 2 aliphatic heterocycles. The summed E-state index contributed by atoms with van der Waals surface area (Å²) in [6, 6.07) is 5.87. The number of rotatable bonds is 3. The molecule has 0 aromatic heterocycles. The molecule has 108 valence electrons. The molecule has 4 nitrogen and oxygen atoms in total. The van der Waals surface area contributed by atoms with Gasteiger partial charge in [0.25, 0.3) is 0 Å². The van der Waals surface area contributed by atoms with Gasteiger partial charge < -0.3 is 10.0 Å². The second-order valence-corrected chi connectivity index (χ2v) is 6.01. The van der Waals surface area contributed by atoms with E-state index in [0.29, 0.717) is 11.1 Å². The standard InChI is InChI=1S/C15H19ClN2O2/c16-14-9-11(3-4-13(14)15(19)20)18-8-5-12(10-18)17-6-1-2-7-17/h3-4,9,12H,1-2,5-8,10H2,(H,19,20). The molecule has 2 fully saturated rings. The van der Waals surface area contributed by atoms with E-state index in [-0.39, 0.29) is 5.56 Å². The Morgan fingerprint density at radius 3 is 2.65 bits per heavy atom. The van der Waals surface area contributed by atoms with Crippen molar-refractivity contribution in [2.24, 2.45) is 0 Å². The maximum absolute atomic E-state index is 11.0. The van der Waals surface area contributed by atoms with Crippen LogP contribution in [-0.4, -0.2) is 48.2 Å². The van der Waals surface area contributed by atoms with Crippen LogP contribution in [0.25, 0.3) is 0 Å². The van der Waals surface area contributed by atoms with Crippen LogP contribution in [0, 0.1) is 0 Å². The number of hydrogen-bond donors (Lipinski definition) is 1. The first-order valence-electron chi connectivity index (χ1n) is 7.17. The van der Waals surface area contributed by atoms with Crippen molar-refractivity contribution in [1.82, 2.24) is 4.90 Å². The van der Waals surface area contributed by atoms with Gasteiger partial charge in [0.2, 0.25) is 0 Å². The predicted octanol–water partition coefficient (Wildman–Crippen LogP) is 2.71. The van der Waals surface area contributed by atoms with E-state index in [0.717, 1.165) is 18.8 Å². The molecule has 2 aliphatic rings. The van der Waals surface area contributed by atoms with Crippen LogP contribution in [-0.2, 0) is 0 Å². The van der Waals surface area contributed by atoms with Gasteiger partial charge in [0.1, 0.15) is 0 Å². The molecular weight excluding hydrogens is 276 g/mol. The van der Waals surface area contributed by atoms with Crippen LogP contribution >= 0.6 is 11.6 Å². The van der Waals surface area contributed by atoms with Crippen LogP contribution in [0.4, 0.5) is 5.69 Å². The lowest BCUT2D eigenvalue weighted by Gasteiger charge is -2.24. The minimum absolute atomic E-state index is 0.172. The summed E-state index contributed by atoms with van der Waals surface area (Å²) in [4.78, 5) is 15.9. The summed E-state index contributed by atoms with van der Waals surface area (Å²) < 4.78 is 0. The fraction of sp³-hybridized carbons (Fsp3) is 0.533. The summed E-state index contributed by atoms with van der Waals surface area (Å²) in [6.07, 6.45) is 3.81. The quantitative estimate of drug-likeness (QED) is 0.931. The van der Waals surface area contributed by atoms with Crippen molar-refractivity contribution >= 4 is 23.3 Å². The average Bonchev–Trinajstić information content (AvgIpc) is 3.09. The Kier molecular flexibility index (Phi) is 3.85. The normalized spacial score (nSPS) is 23.4. The number of anilines is 1. The number of likely N-dealkylation sites (tertiary alicyclic amines) is 1. The maximum Gasteiger partial charge on any atom is 0.337 e. The van der Waals surface area contributed by atoms with Gasteiger partial charge >= 0.3 is 5.97 Å². The number of halogens is 1.